The first-order valence-electron chi connectivity index (χ1n) is 9.52. The number of carbonyl (C=O) groups is 1. The molecule has 3 nitrogen and oxygen atoms in total. The average Bonchev–Trinajstić information content (AvgIpc) is 2.56. The summed E-state index contributed by atoms with van der Waals surface area (Å²) in [6, 6.07) is 0. The van der Waals surface area contributed by atoms with Crippen LogP contribution >= 0.6 is 0 Å². The fraction of sp³-hybridized carbons (Fsp3) is 0.947. The van der Waals surface area contributed by atoms with Crippen molar-refractivity contribution in [1.82, 2.24) is 0 Å². The quantitative estimate of drug-likeness (QED) is 0.589. The van der Waals surface area contributed by atoms with Crippen LogP contribution in [0.2, 0.25) is 0 Å². The van der Waals surface area contributed by atoms with Gasteiger partial charge in [-0.15, -0.1) is 0 Å². The van der Waals surface area contributed by atoms with Gasteiger partial charge in [0.15, 0.2) is 0 Å². The molecule has 0 aromatic carbocycles. The van der Waals surface area contributed by atoms with Gasteiger partial charge in [0, 0.05) is 0 Å². The van der Waals surface area contributed by atoms with Gasteiger partial charge in [0.25, 0.3) is 0 Å². The van der Waals surface area contributed by atoms with Gasteiger partial charge in [-0.05, 0) is 49.9 Å². The van der Waals surface area contributed by atoms with E-state index in [1.54, 1.807) is 0 Å². The van der Waals surface area contributed by atoms with Crippen molar-refractivity contribution in [2.75, 3.05) is 6.61 Å². The molecule has 0 aliphatic heterocycles. The van der Waals surface area contributed by atoms with Gasteiger partial charge >= 0.3 is 6.16 Å². The van der Waals surface area contributed by atoms with Crippen molar-refractivity contribution < 1.29 is 14.3 Å². The summed E-state index contributed by atoms with van der Waals surface area (Å²) >= 11 is 0. The van der Waals surface area contributed by atoms with Crippen LogP contribution in [0.3, 0.4) is 0 Å². The first-order valence-corrected chi connectivity index (χ1v) is 9.52. The second kappa shape index (κ2) is 9.42. The monoisotopic (exact) mass is 310 g/mol. The van der Waals surface area contributed by atoms with E-state index >= 15 is 0 Å². The average molecular weight is 310 g/mol. The molecule has 128 valence electrons. The molecule has 2 aliphatic carbocycles. The van der Waals surface area contributed by atoms with Gasteiger partial charge in [0.1, 0.15) is 6.10 Å². The lowest BCUT2D eigenvalue weighted by Gasteiger charge is -2.31. The molecular weight excluding hydrogens is 276 g/mol. The van der Waals surface area contributed by atoms with E-state index in [0.717, 1.165) is 37.0 Å². The smallest absolute Gasteiger partial charge is 0.434 e. The van der Waals surface area contributed by atoms with Crippen molar-refractivity contribution in [3.63, 3.8) is 0 Å². The van der Waals surface area contributed by atoms with E-state index in [1.165, 1.54) is 51.4 Å². The van der Waals surface area contributed by atoms with Crippen molar-refractivity contribution in [3.8, 4) is 0 Å². The fourth-order valence-corrected chi connectivity index (χ4v) is 4.06. The molecule has 0 spiro atoms. The minimum Gasteiger partial charge on any atom is -0.434 e. The fourth-order valence-electron chi connectivity index (χ4n) is 4.06. The molecule has 0 bridgehead atoms. The largest absolute Gasteiger partial charge is 0.508 e. The Morgan fingerprint density at radius 3 is 2.36 bits per heavy atom. The summed E-state index contributed by atoms with van der Waals surface area (Å²) < 4.78 is 10.8. The van der Waals surface area contributed by atoms with Gasteiger partial charge in [-0.1, -0.05) is 52.4 Å². The van der Waals surface area contributed by atoms with Crippen LogP contribution in [-0.2, 0) is 9.47 Å². The van der Waals surface area contributed by atoms with Crippen molar-refractivity contribution >= 4 is 6.16 Å². The van der Waals surface area contributed by atoms with Crippen LogP contribution in [0.25, 0.3) is 0 Å². The number of ether oxygens (including phenoxy) is 2. The highest BCUT2D eigenvalue weighted by molar-refractivity contribution is 5.60. The van der Waals surface area contributed by atoms with E-state index < -0.39 is 6.16 Å². The second-order valence-corrected chi connectivity index (χ2v) is 7.43. The zero-order valence-corrected chi connectivity index (χ0v) is 14.5. The predicted octanol–water partition coefficient (Wildman–Crippen LogP) is 5.71. The maximum absolute atomic E-state index is 11.8. The van der Waals surface area contributed by atoms with Gasteiger partial charge < -0.3 is 9.47 Å². The summed E-state index contributed by atoms with van der Waals surface area (Å²) in [4.78, 5) is 11.8. The van der Waals surface area contributed by atoms with Crippen LogP contribution in [0, 0.1) is 17.8 Å². The van der Waals surface area contributed by atoms with Crippen LogP contribution in [-0.4, -0.2) is 18.9 Å². The molecule has 2 rings (SSSR count). The molecule has 22 heavy (non-hydrogen) atoms. The molecular formula is C19H34O3. The Hall–Kier alpha value is -0.730. The van der Waals surface area contributed by atoms with Crippen LogP contribution in [0.4, 0.5) is 4.79 Å². The van der Waals surface area contributed by atoms with Crippen LogP contribution in [0.1, 0.15) is 84.5 Å². The summed E-state index contributed by atoms with van der Waals surface area (Å²) in [6.45, 7) is 5.13. The number of hydrogen-bond acceptors (Lipinski definition) is 3. The second-order valence-electron chi connectivity index (χ2n) is 7.43. The Kier molecular flexibility index (Phi) is 7.54. The van der Waals surface area contributed by atoms with Crippen molar-refractivity contribution in [3.05, 3.63) is 0 Å². The molecule has 1 unspecified atom stereocenters. The number of hydrogen-bond donors (Lipinski definition) is 0. The minimum absolute atomic E-state index is 0.0856. The van der Waals surface area contributed by atoms with E-state index in [9.17, 15) is 4.79 Å². The molecule has 2 fully saturated rings. The van der Waals surface area contributed by atoms with Gasteiger partial charge in [-0.2, -0.15) is 0 Å². The van der Waals surface area contributed by atoms with Gasteiger partial charge in [0.2, 0.25) is 0 Å². The molecule has 0 amide bonds. The molecule has 0 aromatic heterocycles. The highest BCUT2D eigenvalue weighted by atomic mass is 16.7. The Balaban J connectivity index is 1.55. The first kappa shape index (κ1) is 17.6. The maximum atomic E-state index is 11.8. The van der Waals surface area contributed by atoms with E-state index in [-0.39, 0.29) is 6.10 Å². The molecule has 1 atom stereocenters. The summed E-state index contributed by atoms with van der Waals surface area (Å²) in [5, 5.41) is 0. The lowest BCUT2D eigenvalue weighted by Crippen LogP contribution is -2.27. The maximum Gasteiger partial charge on any atom is 0.508 e. The molecule has 2 aliphatic rings. The zero-order chi connectivity index (χ0) is 15.8. The summed E-state index contributed by atoms with van der Waals surface area (Å²) in [5.74, 6) is 2.36. The summed E-state index contributed by atoms with van der Waals surface area (Å²) in [6.07, 6.45) is 13.0. The van der Waals surface area contributed by atoms with E-state index in [2.05, 4.69) is 13.8 Å². The third-order valence-corrected chi connectivity index (χ3v) is 5.90. The van der Waals surface area contributed by atoms with Crippen molar-refractivity contribution in [1.29, 1.82) is 0 Å². The highest BCUT2D eigenvalue weighted by Crippen LogP contribution is 2.33. The normalized spacial score (nSPS) is 28.1. The highest BCUT2D eigenvalue weighted by Gasteiger charge is 2.27. The lowest BCUT2D eigenvalue weighted by molar-refractivity contribution is -0.000110. The minimum atomic E-state index is -0.442. The standard InChI is InChI=1S/C19H34O3/c1-3-15(2)17-9-11-18(12-10-17)22-19(20)21-14-13-16-7-5-4-6-8-16/h15-18H,3-14H2,1-2H3. The SMILES string of the molecule is CCC(C)C1CCC(OC(=O)OCCC2CCCCC2)CC1. The van der Waals surface area contributed by atoms with E-state index in [0.29, 0.717) is 6.61 Å². The van der Waals surface area contributed by atoms with Gasteiger partial charge in [-0.25, -0.2) is 4.79 Å². The topological polar surface area (TPSA) is 35.5 Å². The third kappa shape index (κ3) is 5.81. The van der Waals surface area contributed by atoms with Crippen molar-refractivity contribution in [2.24, 2.45) is 17.8 Å². The Morgan fingerprint density at radius 2 is 1.73 bits per heavy atom. The summed E-state index contributed by atoms with van der Waals surface area (Å²) in [5.41, 5.74) is 0. The van der Waals surface area contributed by atoms with Crippen LogP contribution in [0.15, 0.2) is 0 Å². The molecule has 0 saturated heterocycles. The Labute approximate surface area is 136 Å². The molecule has 0 aromatic rings. The molecule has 0 radical (unpaired) electrons. The molecule has 0 heterocycles. The van der Waals surface area contributed by atoms with Crippen LogP contribution in [0.5, 0.6) is 0 Å². The Morgan fingerprint density at radius 1 is 1.05 bits per heavy atom. The van der Waals surface area contributed by atoms with E-state index in [1.807, 2.05) is 0 Å². The van der Waals surface area contributed by atoms with Gasteiger partial charge in [-0.3, -0.25) is 0 Å². The predicted molar refractivity (Wildman–Crippen MR) is 88.8 cm³/mol. The zero-order valence-electron chi connectivity index (χ0n) is 14.5. The Bertz CT molecular complexity index is 315. The molecule has 2 saturated carbocycles. The molecule has 3 heteroatoms. The molecule has 0 N–H and O–H groups in total. The lowest BCUT2D eigenvalue weighted by atomic mass is 9.79. The van der Waals surface area contributed by atoms with Crippen LogP contribution < -0.4 is 0 Å². The summed E-state index contributed by atoms with van der Waals surface area (Å²) in [7, 11) is 0. The number of rotatable bonds is 6. The first-order chi connectivity index (χ1) is 10.7. The number of carbonyl (C=O) groups excluding carboxylic acids is 1. The third-order valence-electron chi connectivity index (χ3n) is 5.90. The van der Waals surface area contributed by atoms with Gasteiger partial charge in [0.05, 0.1) is 6.61 Å². The van der Waals surface area contributed by atoms with Crippen molar-refractivity contribution in [2.45, 2.75) is 90.6 Å². The van der Waals surface area contributed by atoms with E-state index in [4.69, 9.17) is 9.47 Å².